The van der Waals surface area contributed by atoms with Crippen molar-refractivity contribution in [2.45, 2.75) is 111 Å². The monoisotopic (exact) mass is 418 g/mol. The molecule has 0 aromatic heterocycles. The molecule has 3 heteroatoms. The van der Waals surface area contributed by atoms with Crippen LogP contribution in [0.4, 0.5) is 0 Å². The minimum Gasteiger partial charge on any atom is -0.481 e. The molecule has 0 saturated heterocycles. The lowest BCUT2D eigenvalue weighted by molar-refractivity contribution is -0.161. The quantitative estimate of drug-likeness (QED) is 0.508. The second-order valence-electron chi connectivity index (χ2n) is 12.4. The van der Waals surface area contributed by atoms with E-state index in [1.165, 1.54) is 57.8 Å². The molecule has 30 heavy (non-hydrogen) atoms. The Morgan fingerprint density at radius 2 is 1.73 bits per heavy atom. The van der Waals surface area contributed by atoms with Crippen molar-refractivity contribution in [3.63, 3.8) is 0 Å². The molecule has 0 spiro atoms. The molecular weight excluding hydrogens is 372 g/mol. The summed E-state index contributed by atoms with van der Waals surface area (Å²) in [6.45, 7) is 12.9. The highest BCUT2D eigenvalue weighted by Gasteiger charge is 2.61. The number of aliphatic carboxylic acids is 1. The Hall–Kier alpha value is -0.570. The van der Waals surface area contributed by atoms with Gasteiger partial charge in [-0.25, -0.2) is 0 Å². The first-order valence-electron chi connectivity index (χ1n) is 13.0. The van der Waals surface area contributed by atoms with E-state index in [-0.39, 0.29) is 5.60 Å². The zero-order valence-electron chi connectivity index (χ0n) is 20.2. The van der Waals surface area contributed by atoms with Gasteiger partial charge in [0, 0.05) is 13.0 Å². The van der Waals surface area contributed by atoms with Crippen LogP contribution in [-0.4, -0.2) is 23.3 Å². The van der Waals surface area contributed by atoms with Gasteiger partial charge in [-0.3, -0.25) is 4.79 Å². The van der Waals surface area contributed by atoms with Crippen LogP contribution in [0, 0.1) is 46.3 Å². The first-order chi connectivity index (χ1) is 14.1. The second kappa shape index (κ2) is 8.09. The van der Waals surface area contributed by atoms with Crippen molar-refractivity contribution in [2.24, 2.45) is 46.3 Å². The highest BCUT2D eigenvalue weighted by Crippen LogP contribution is 2.69. The average Bonchev–Trinajstić information content (AvgIpc) is 3.04. The number of carboxylic acid groups (broad SMARTS) is 1. The van der Waals surface area contributed by atoms with Gasteiger partial charge in [0.1, 0.15) is 0 Å². The molecule has 9 atom stereocenters. The maximum atomic E-state index is 11.1. The van der Waals surface area contributed by atoms with Crippen LogP contribution in [0.25, 0.3) is 0 Å². The van der Waals surface area contributed by atoms with E-state index in [2.05, 4.69) is 34.6 Å². The standard InChI is InChI=1S/C27H46O3/c1-6-30-25(3)15-16-26(4)19(17-25)8-9-20-22-11-10-21(18(2)7-12-24(28)29)27(22,5)14-13-23(20)26/h18-23H,6-17H2,1-5H3,(H,28,29)/t18-,19-,20+,21-,22+,23?,25+,26+,27-/m1/s1. The van der Waals surface area contributed by atoms with E-state index < -0.39 is 5.97 Å². The van der Waals surface area contributed by atoms with Gasteiger partial charge in [0.25, 0.3) is 0 Å². The van der Waals surface area contributed by atoms with Gasteiger partial charge in [0.05, 0.1) is 5.60 Å². The molecule has 0 bridgehead atoms. The van der Waals surface area contributed by atoms with Gasteiger partial charge < -0.3 is 9.84 Å². The van der Waals surface area contributed by atoms with E-state index in [0.29, 0.717) is 23.2 Å². The Balaban J connectivity index is 1.49. The summed E-state index contributed by atoms with van der Waals surface area (Å²) in [5, 5.41) is 9.16. The van der Waals surface area contributed by atoms with Crippen molar-refractivity contribution in [1.82, 2.24) is 0 Å². The molecule has 4 saturated carbocycles. The smallest absolute Gasteiger partial charge is 0.303 e. The molecule has 4 aliphatic carbocycles. The van der Waals surface area contributed by atoms with Crippen molar-refractivity contribution < 1.29 is 14.6 Å². The molecule has 172 valence electrons. The van der Waals surface area contributed by atoms with E-state index in [0.717, 1.165) is 42.6 Å². The highest BCUT2D eigenvalue weighted by molar-refractivity contribution is 5.66. The molecule has 0 aliphatic heterocycles. The van der Waals surface area contributed by atoms with Crippen LogP contribution in [0.15, 0.2) is 0 Å². The summed E-state index contributed by atoms with van der Waals surface area (Å²) in [5.74, 6) is 4.13. The molecule has 0 aromatic rings. The summed E-state index contributed by atoms with van der Waals surface area (Å²) in [6, 6.07) is 0. The first-order valence-corrected chi connectivity index (χ1v) is 13.0. The maximum absolute atomic E-state index is 11.1. The lowest BCUT2D eigenvalue weighted by Crippen LogP contribution is -2.56. The van der Waals surface area contributed by atoms with Gasteiger partial charge in [0.2, 0.25) is 0 Å². The van der Waals surface area contributed by atoms with E-state index in [1.54, 1.807) is 0 Å². The third-order valence-corrected chi connectivity index (χ3v) is 11.0. The summed E-state index contributed by atoms with van der Waals surface area (Å²) >= 11 is 0. The summed E-state index contributed by atoms with van der Waals surface area (Å²) in [5.41, 5.74) is 1.05. The zero-order chi connectivity index (χ0) is 21.7. The molecule has 0 amide bonds. The van der Waals surface area contributed by atoms with Gasteiger partial charge in [-0.05, 0) is 124 Å². The molecule has 4 aliphatic rings. The Morgan fingerprint density at radius 1 is 1.00 bits per heavy atom. The number of fused-ring (bicyclic) bond motifs is 5. The lowest BCUT2D eigenvalue weighted by Gasteiger charge is -2.62. The minimum absolute atomic E-state index is 0.104. The van der Waals surface area contributed by atoms with E-state index in [4.69, 9.17) is 9.84 Å². The molecule has 1 unspecified atom stereocenters. The summed E-state index contributed by atoms with van der Waals surface area (Å²) < 4.78 is 6.22. The molecule has 0 aromatic carbocycles. The van der Waals surface area contributed by atoms with Crippen molar-refractivity contribution in [2.75, 3.05) is 6.61 Å². The van der Waals surface area contributed by atoms with Crippen LogP contribution >= 0.6 is 0 Å². The number of hydrogen-bond acceptors (Lipinski definition) is 2. The van der Waals surface area contributed by atoms with Crippen LogP contribution in [0.5, 0.6) is 0 Å². The summed E-state index contributed by atoms with van der Waals surface area (Å²) in [4.78, 5) is 11.1. The molecule has 3 nitrogen and oxygen atoms in total. The van der Waals surface area contributed by atoms with Crippen molar-refractivity contribution >= 4 is 5.97 Å². The number of carbonyl (C=O) groups is 1. The van der Waals surface area contributed by atoms with Crippen molar-refractivity contribution in [3.05, 3.63) is 0 Å². The maximum Gasteiger partial charge on any atom is 0.303 e. The van der Waals surface area contributed by atoms with E-state index >= 15 is 0 Å². The largest absolute Gasteiger partial charge is 0.481 e. The zero-order valence-corrected chi connectivity index (χ0v) is 20.2. The summed E-state index contributed by atoms with van der Waals surface area (Å²) in [7, 11) is 0. The van der Waals surface area contributed by atoms with Crippen LogP contribution < -0.4 is 0 Å². The SMILES string of the molecule is CCO[C@@]1(C)CC[C@]2(C)C3CC[C@]4(C)[C@@H]([C@H](C)CCC(=O)O)CC[C@H]4[C@@H]3CC[C@@H]2C1. The van der Waals surface area contributed by atoms with Crippen LogP contribution in [-0.2, 0) is 9.53 Å². The molecule has 0 radical (unpaired) electrons. The normalized spacial score (nSPS) is 49.0. The molecule has 4 fully saturated rings. The van der Waals surface area contributed by atoms with Gasteiger partial charge >= 0.3 is 5.97 Å². The Labute approximate surface area is 184 Å². The third kappa shape index (κ3) is 3.65. The number of rotatable bonds is 6. The molecular formula is C27H46O3. The summed E-state index contributed by atoms with van der Waals surface area (Å²) in [6.07, 6.45) is 13.3. The second-order valence-corrected chi connectivity index (χ2v) is 12.4. The first kappa shape index (κ1) is 22.6. The van der Waals surface area contributed by atoms with E-state index in [9.17, 15) is 4.79 Å². The Kier molecular flexibility index (Phi) is 6.10. The topological polar surface area (TPSA) is 46.5 Å². The number of hydrogen-bond donors (Lipinski definition) is 1. The van der Waals surface area contributed by atoms with Gasteiger partial charge in [-0.2, -0.15) is 0 Å². The molecule has 4 rings (SSSR count). The number of carboxylic acids is 1. The fourth-order valence-electron chi connectivity index (χ4n) is 9.42. The third-order valence-electron chi connectivity index (χ3n) is 11.0. The van der Waals surface area contributed by atoms with Crippen LogP contribution in [0.2, 0.25) is 0 Å². The van der Waals surface area contributed by atoms with Gasteiger partial charge in [-0.15, -0.1) is 0 Å². The average molecular weight is 419 g/mol. The van der Waals surface area contributed by atoms with Crippen LogP contribution in [0.1, 0.15) is 105 Å². The van der Waals surface area contributed by atoms with Crippen molar-refractivity contribution in [1.29, 1.82) is 0 Å². The Bertz CT molecular complexity index is 646. The minimum atomic E-state index is -0.632. The highest BCUT2D eigenvalue weighted by atomic mass is 16.5. The fourth-order valence-corrected chi connectivity index (χ4v) is 9.42. The number of ether oxygens (including phenoxy) is 1. The van der Waals surface area contributed by atoms with Gasteiger partial charge in [-0.1, -0.05) is 20.8 Å². The fraction of sp³-hybridized carbons (Fsp3) is 0.963. The van der Waals surface area contributed by atoms with E-state index in [1.807, 2.05) is 0 Å². The molecule has 0 heterocycles. The lowest BCUT2D eigenvalue weighted by atomic mass is 9.43. The molecule has 1 N–H and O–H groups in total. The van der Waals surface area contributed by atoms with Crippen LogP contribution in [0.3, 0.4) is 0 Å². The van der Waals surface area contributed by atoms with Crippen molar-refractivity contribution in [3.8, 4) is 0 Å². The van der Waals surface area contributed by atoms with Gasteiger partial charge in [0.15, 0.2) is 0 Å². The Morgan fingerprint density at radius 3 is 2.43 bits per heavy atom. The predicted molar refractivity (Wildman–Crippen MR) is 121 cm³/mol. The predicted octanol–water partition coefficient (Wildman–Crippen LogP) is 6.94.